The van der Waals surface area contributed by atoms with E-state index in [4.69, 9.17) is 0 Å². The molecule has 3 heteroatoms. The lowest BCUT2D eigenvalue weighted by Gasteiger charge is -2.42. The molecule has 1 saturated heterocycles. The second kappa shape index (κ2) is 5.70. The number of piperazine rings is 1. The lowest BCUT2D eigenvalue weighted by atomic mass is 9.95. The third-order valence-electron chi connectivity index (χ3n) is 4.16. The molecule has 1 aliphatic rings. The molecule has 2 rings (SSSR count). The van der Waals surface area contributed by atoms with Gasteiger partial charge >= 0.3 is 0 Å². The molecule has 0 aliphatic carbocycles. The Hall–Kier alpha value is -1.09. The number of aromatic nitrogens is 1. The van der Waals surface area contributed by atoms with Crippen molar-refractivity contribution in [2.45, 2.75) is 46.2 Å². The SMILES string of the molecule is CCC(C)C1CN(c2ccc(C)nc2)C(C)CN1. The Kier molecular flexibility index (Phi) is 4.23. The molecule has 100 valence electrons. The van der Waals surface area contributed by atoms with Gasteiger partial charge in [0.05, 0.1) is 11.9 Å². The quantitative estimate of drug-likeness (QED) is 0.890. The highest BCUT2D eigenvalue weighted by Gasteiger charge is 2.27. The predicted octanol–water partition coefficient (Wildman–Crippen LogP) is 2.60. The van der Waals surface area contributed by atoms with Crippen LogP contribution >= 0.6 is 0 Å². The van der Waals surface area contributed by atoms with Gasteiger partial charge in [-0.3, -0.25) is 4.98 Å². The van der Waals surface area contributed by atoms with Crippen LogP contribution in [0.15, 0.2) is 18.3 Å². The van der Waals surface area contributed by atoms with Crippen LogP contribution in [0.2, 0.25) is 0 Å². The molecule has 3 unspecified atom stereocenters. The first-order valence-corrected chi connectivity index (χ1v) is 7.04. The number of nitrogens with zero attached hydrogens (tertiary/aromatic N) is 2. The first-order valence-electron chi connectivity index (χ1n) is 7.04. The zero-order chi connectivity index (χ0) is 13.1. The van der Waals surface area contributed by atoms with E-state index in [1.165, 1.54) is 12.1 Å². The highest BCUT2D eigenvalue weighted by molar-refractivity contribution is 5.46. The Morgan fingerprint density at radius 1 is 1.50 bits per heavy atom. The molecule has 0 radical (unpaired) electrons. The first kappa shape index (κ1) is 13.3. The fourth-order valence-corrected chi connectivity index (χ4v) is 2.54. The summed E-state index contributed by atoms with van der Waals surface area (Å²) in [6.07, 6.45) is 3.23. The largest absolute Gasteiger partial charge is 0.365 e. The van der Waals surface area contributed by atoms with Crippen LogP contribution in [-0.4, -0.2) is 30.2 Å². The summed E-state index contributed by atoms with van der Waals surface area (Å²) in [5.41, 5.74) is 2.34. The third-order valence-corrected chi connectivity index (χ3v) is 4.16. The minimum atomic E-state index is 0.537. The van der Waals surface area contributed by atoms with E-state index in [2.05, 4.69) is 48.1 Å². The average molecular weight is 247 g/mol. The molecule has 3 atom stereocenters. The Labute approximate surface area is 111 Å². The van der Waals surface area contributed by atoms with Crippen LogP contribution in [0.1, 0.15) is 32.9 Å². The average Bonchev–Trinajstić information content (AvgIpc) is 2.39. The van der Waals surface area contributed by atoms with E-state index in [-0.39, 0.29) is 0 Å². The highest BCUT2D eigenvalue weighted by atomic mass is 15.2. The molecule has 1 aromatic rings. The molecular weight excluding hydrogens is 222 g/mol. The van der Waals surface area contributed by atoms with E-state index in [0.29, 0.717) is 12.1 Å². The summed E-state index contributed by atoms with van der Waals surface area (Å²) in [4.78, 5) is 6.90. The zero-order valence-corrected chi connectivity index (χ0v) is 12.0. The normalized spacial score (nSPS) is 26.1. The summed E-state index contributed by atoms with van der Waals surface area (Å²) >= 11 is 0. The number of anilines is 1. The second-order valence-corrected chi connectivity index (χ2v) is 5.56. The maximum Gasteiger partial charge on any atom is 0.0556 e. The van der Waals surface area contributed by atoms with Crippen LogP contribution < -0.4 is 10.2 Å². The van der Waals surface area contributed by atoms with Gasteiger partial charge < -0.3 is 10.2 Å². The van der Waals surface area contributed by atoms with Crippen LogP contribution in [0, 0.1) is 12.8 Å². The molecule has 1 aromatic heterocycles. The number of hydrogen-bond donors (Lipinski definition) is 1. The Morgan fingerprint density at radius 2 is 2.28 bits per heavy atom. The standard InChI is InChI=1S/C15H25N3/c1-5-11(2)15-10-18(13(4)8-17-15)14-7-6-12(3)16-9-14/h6-7,9,11,13,15,17H,5,8,10H2,1-4H3. The van der Waals surface area contributed by atoms with E-state index < -0.39 is 0 Å². The maximum atomic E-state index is 4.42. The summed E-state index contributed by atoms with van der Waals surface area (Å²) in [6.45, 7) is 11.1. The van der Waals surface area contributed by atoms with Crippen molar-refractivity contribution < 1.29 is 0 Å². The van der Waals surface area contributed by atoms with Gasteiger partial charge in [0, 0.05) is 30.9 Å². The molecule has 3 nitrogen and oxygen atoms in total. The van der Waals surface area contributed by atoms with Crippen LogP contribution in [-0.2, 0) is 0 Å². The van der Waals surface area contributed by atoms with Crippen molar-refractivity contribution in [1.29, 1.82) is 0 Å². The van der Waals surface area contributed by atoms with Gasteiger partial charge in [0.2, 0.25) is 0 Å². The fraction of sp³-hybridized carbons (Fsp3) is 0.667. The summed E-state index contributed by atoms with van der Waals surface area (Å²) < 4.78 is 0. The molecular formula is C15H25N3. The van der Waals surface area contributed by atoms with Crippen molar-refractivity contribution in [3.63, 3.8) is 0 Å². The lowest BCUT2D eigenvalue weighted by molar-refractivity contribution is 0.315. The van der Waals surface area contributed by atoms with E-state index in [1.807, 2.05) is 13.1 Å². The Balaban J connectivity index is 2.12. The minimum Gasteiger partial charge on any atom is -0.365 e. The van der Waals surface area contributed by atoms with E-state index >= 15 is 0 Å². The van der Waals surface area contributed by atoms with Gasteiger partial charge in [-0.25, -0.2) is 0 Å². The van der Waals surface area contributed by atoms with Gasteiger partial charge in [-0.05, 0) is 31.9 Å². The molecule has 0 bridgehead atoms. The van der Waals surface area contributed by atoms with Crippen molar-refractivity contribution in [2.75, 3.05) is 18.0 Å². The monoisotopic (exact) mass is 247 g/mol. The Bertz CT molecular complexity index is 374. The van der Waals surface area contributed by atoms with Crippen molar-refractivity contribution in [1.82, 2.24) is 10.3 Å². The van der Waals surface area contributed by atoms with Gasteiger partial charge in [0.15, 0.2) is 0 Å². The molecule has 0 aromatic carbocycles. The van der Waals surface area contributed by atoms with E-state index in [9.17, 15) is 0 Å². The maximum absolute atomic E-state index is 4.42. The number of rotatable bonds is 3. The number of pyridine rings is 1. The van der Waals surface area contributed by atoms with Crippen molar-refractivity contribution >= 4 is 5.69 Å². The molecule has 18 heavy (non-hydrogen) atoms. The van der Waals surface area contributed by atoms with Crippen molar-refractivity contribution in [3.8, 4) is 0 Å². The lowest BCUT2D eigenvalue weighted by Crippen LogP contribution is -2.57. The second-order valence-electron chi connectivity index (χ2n) is 5.56. The van der Waals surface area contributed by atoms with Crippen molar-refractivity contribution in [3.05, 3.63) is 24.0 Å². The molecule has 1 aliphatic heterocycles. The number of aryl methyl sites for hydroxylation is 1. The van der Waals surface area contributed by atoms with Gasteiger partial charge in [-0.15, -0.1) is 0 Å². The zero-order valence-electron chi connectivity index (χ0n) is 12.0. The van der Waals surface area contributed by atoms with E-state index in [0.717, 1.165) is 24.7 Å². The van der Waals surface area contributed by atoms with Crippen LogP contribution in [0.4, 0.5) is 5.69 Å². The summed E-state index contributed by atoms with van der Waals surface area (Å²) in [5, 5.41) is 3.67. The Morgan fingerprint density at radius 3 is 2.89 bits per heavy atom. The number of hydrogen-bond acceptors (Lipinski definition) is 3. The van der Waals surface area contributed by atoms with E-state index in [1.54, 1.807) is 0 Å². The highest BCUT2D eigenvalue weighted by Crippen LogP contribution is 2.22. The smallest absolute Gasteiger partial charge is 0.0556 e. The molecule has 0 amide bonds. The molecule has 0 saturated carbocycles. The molecule has 0 spiro atoms. The van der Waals surface area contributed by atoms with Gasteiger partial charge in [-0.1, -0.05) is 20.3 Å². The summed E-state index contributed by atoms with van der Waals surface area (Å²) in [5.74, 6) is 0.721. The van der Waals surface area contributed by atoms with Gasteiger partial charge in [0.25, 0.3) is 0 Å². The van der Waals surface area contributed by atoms with Crippen LogP contribution in [0.25, 0.3) is 0 Å². The topological polar surface area (TPSA) is 28.2 Å². The molecule has 2 heterocycles. The summed E-state index contributed by atoms with van der Waals surface area (Å²) in [6, 6.07) is 5.42. The van der Waals surface area contributed by atoms with Crippen LogP contribution in [0.3, 0.4) is 0 Å². The van der Waals surface area contributed by atoms with Gasteiger partial charge in [-0.2, -0.15) is 0 Å². The summed E-state index contributed by atoms with van der Waals surface area (Å²) in [7, 11) is 0. The van der Waals surface area contributed by atoms with Gasteiger partial charge in [0.1, 0.15) is 0 Å². The predicted molar refractivity (Wildman–Crippen MR) is 77.0 cm³/mol. The number of nitrogens with one attached hydrogen (secondary N) is 1. The molecule has 1 fully saturated rings. The van der Waals surface area contributed by atoms with Crippen molar-refractivity contribution in [2.24, 2.45) is 5.92 Å². The third kappa shape index (κ3) is 2.83. The first-order chi connectivity index (χ1) is 8.61. The minimum absolute atomic E-state index is 0.537. The molecule has 1 N–H and O–H groups in total. The van der Waals surface area contributed by atoms with Crippen LogP contribution in [0.5, 0.6) is 0 Å². The fourth-order valence-electron chi connectivity index (χ4n) is 2.54.